The summed E-state index contributed by atoms with van der Waals surface area (Å²) in [6, 6.07) is 8.78. The maximum atomic E-state index is 12.6. The van der Waals surface area contributed by atoms with Crippen LogP contribution in [0.1, 0.15) is 69.5 Å². The fourth-order valence-corrected chi connectivity index (χ4v) is 3.15. The van der Waals surface area contributed by atoms with Crippen LogP contribution >= 0.6 is 0 Å². The van der Waals surface area contributed by atoms with Crippen molar-refractivity contribution in [3.8, 4) is 0 Å². The molecule has 0 unspecified atom stereocenters. The number of esters is 1. The predicted molar refractivity (Wildman–Crippen MR) is 113 cm³/mol. The maximum Gasteiger partial charge on any atom is 0.329 e. The van der Waals surface area contributed by atoms with E-state index in [9.17, 15) is 9.59 Å². The van der Waals surface area contributed by atoms with Gasteiger partial charge in [0, 0.05) is 24.7 Å². The van der Waals surface area contributed by atoms with Crippen molar-refractivity contribution < 1.29 is 14.3 Å². The number of ether oxygens (including phenoxy) is 1. The number of carbonyl (C=O) groups is 2. The summed E-state index contributed by atoms with van der Waals surface area (Å²) in [6.07, 6.45) is 12.0. The van der Waals surface area contributed by atoms with Gasteiger partial charge in [0.05, 0.1) is 6.33 Å². The first-order valence-corrected chi connectivity index (χ1v) is 10.7. The van der Waals surface area contributed by atoms with Crippen molar-refractivity contribution in [3.63, 3.8) is 0 Å². The smallest absolute Gasteiger partial charge is 0.329 e. The molecule has 6 nitrogen and oxygen atoms in total. The molecular formula is C23H33N3O3. The highest BCUT2D eigenvalue weighted by atomic mass is 16.5. The predicted octanol–water partition coefficient (Wildman–Crippen LogP) is 4.32. The van der Waals surface area contributed by atoms with E-state index in [1.165, 1.54) is 25.7 Å². The lowest BCUT2D eigenvalue weighted by Crippen LogP contribution is -2.43. The van der Waals surface area contributed by atoms with Crippen LogP contribution in [0.2, 0.25) is 0 Å². The van der Waals surface area contributed by atoms with Gasteiger partial charge >= 0.3 is 5.97 Å². The number of unbranched alkanes of at least 4 members (excludes halogenated alkanes) is 6. The number of carbonyl (C=O) groups excluding carboxylic acids is 2. The molecule has 2 N–H and O–H groups in total. The molecule has 1 atom stereocenters. The van der Waals surface area contributed by atoms with Gasteiger partial charge in [-0.05, 0) is 12.0 Å². The van der Waals surface area contributed by atoms with Gasteiger partial charge < -0.3 is 15.0 Å². The first kappa shape index (κ1) is 22.7. The van der Waals surface area contributed by atoms with E-state index >= 15 is 0 Å². The van der Waals surface area contributed by atoms with Crippen LogP contribution in [0.4, 0.5) is 0 Å². The molecule has 6 heteroatoms. The van der Waals surface area contributed by atoms with Gasteiger partial charge in [-0.3, -0.25) is 4.79 Å². The van der Waals surface area contributed by atoms with Gasteiger partial charge in [0.25, 0.3) is 0 Å². The maximum absolute atomic E-state index is 12.6. The molecule has 0 fully saturated rings. The second kappa shape index (κ2) is 13.5. The third-order valence-electron chi connectivity index (χ3n) is 4.83. The average Bonchev–Trinajstić information content (AvgIpc) is 3.25. The minimum absolute atomic E-state index is 0.111. The molecule has 158 valence electrons. The van der Waals surface area contributed by atoms with E-state index in [0.717, 1.165) is 30.5 Å². The lowest BCUT2D eigenvalue weighted by Gasteiger charge is -2.17. The van der Waals surface area contributed by atoms with Crippen LogP contribution in [-0.2, 0) is 27.4 Å². The van der Waals surface area contributed by atoms with Crippen LogP contribution in [0.3, 0.4) is 0 Å². The van der Waals surface area contributed by atoms with E-state index in [-0.39, 0.29) is 12.5 Å². The molecule has 0 aliphatic rings. The summed E-state index contributed by atoms with van der Waals surface area (Å²) in [6.45, 7) is 2.39. The van der Waals surface area contributed by atoms with Gasteiger partial charge in [0.1, 0.15) is 12.6 Å². The third kappa shape index (κ3) is 9.41. The number of nitrogens with one attached hydrogen (secondary N) is 2. The normalized spacial score (nSPS) is 11.8. The van der Waals surface area contributed by atoms with Gasteiger partial charge in [-0.25, -0.2) is 9.78 Å². The van der Waals surface area contributed by atoms with Crippen LogP contribution in [0, 0.1) is 0 Å². The van der Waals surface area contributed by atoms with Gasteiger partial charge in [-0.15, -0.1) is 0 Å². The summed E-state index contributed by atoms with van der Waals surface area (Å²) < 4.78 is 5.43. The Balaban J connectivity index is 1.78. The van der Waals surface area contributed by atoms with Crippen LogP contribution in [0.25, 0.3) is 0 Å². The van der Waals surface area contributed by atoms with Gasteiger partial charge in [0.2, 0.25) is 5.91 Å². The van der Waals surface area contributed by atoms with E-state index in [2.05, 4.69) is 22.2 Å². The van der Waals surface area contributed by atoms with Crippen LogP contribution < -0.4 is 5.32 Å². The fourth-order valence-electron chi connectivity index (χ4n) is 3.15. The van der Waals surface area contributed by atoms with Crippen molar-refractivity contribution >= 4 is 11.9 Å². The Morgan fingerprint density at radius 1 is 1.07 bits per heavy atom. The van der Waals surface area contributed by atoms with Gasteiger partial charge in [-0.1, -0.05) is 75.8 Å². The lowest BCUT2D eigenvalue weighted by atomic mass is 10.1. The summed E-state index contributed by atoms with van der Waals surface area (Å²) in [5.74, 6) is -0.545. The molecule has 0 radical (unpaired) electrons. The molecule has 0 aliphatic heterocycles. The van der Waals surface area contributed by atoms with E-state index in [0.29, 0.717) is 12.8 Å². The summed E-state index contributed by atoms with van der Waals surface area (Å²) >= 11 is 0. The van der Waals surface area contributed by atoms with Crippen molar-refractivity contribution in [2.24, 2.45) is 0 Å². The average molecular weight is 400 g/mol. The SMILES string of the molecule is CCCCCCCCCC(=O)N[C@@H](Cc1cnc[nH]1)C(=O)OCc1ccccc1. The van der Waals surface area contributed by atoms with E-state index in [1.54, 1.807) is 12.5 Å². The molecule has 1 aromatic heterocycles. The molecule has 0 saturated heterocycles. The number of benzene rings is 1. The van der Waals surface area contributed by atoms with E-state index in [4.69, 9.17) is 4.74 Å². The zero-order valence-corrected chi connectivity index (χ0v) is 17.4. The molecule has 29 heavy (non-hydrogen) atoms. The number of imidazole rings is 1. The third-order valence-corrected chi connectivity index (χ3v) is 4.83. The molecule has 2 rings (SSSR count). The summed E-state index contributed by atoms with van der Waals surface area (Å²) in [5.41, 5.74) is 1.69. The topological polar surface area (TPSA) is 84.1 Å². The Morgan fingerprint density at radius 3 is 2.48 bits per heavy atom. The Hall–Kier alpha value is -2.63. The van der Waals surface area contributed by atoms with E-state index in [1.807, 2.05) is 30.3 Å². The number of rotatable bonds is 14. The molecular weight excluding hydrogens is 366 g/mol. The Bertz CT molecular complexity index is 701. The molecule has 1 heterocycles. The number of aromatic nitrogens is 2. The molecule has 2 aromatic rings. The number of nitrogens with zero attached hydrogens (tertiary/aromatic N) is 1. The number of amides is 1. The van der Waals surface area contributed by atoms with Crippen LogP contribution in [0.5, 0.6) is 0 Å². The lowest BCUT2D eigenvalue weighted by molar-refractivity contribution is -0.149. The molecule has 0 saturated carbocycles. The molecule has 1 aromatic carbocycles. The molecule has 0 spiro atoms. The van der Waals surface area contributed by atoms with Crippen molar-refractivity contribution in [2.75, 3.05) is 0 Å². The Labute approximate surface area is 173 Å². The quantitative estimate of drug-likeness (QED) is 0.366. The second-order valence-corrected chi connectivity index (χ2v) is 7.37. The number of hydrogen-bond donors (Lipinski definition) is 2. The highest BCUT2D eigenvalue weighted by Gasteiger charge is 2.23. The highest BCUT2D eigenvalue weighted by molar-refractivity contribution is 5.84. The highest BCUT2D eigenvalue weighted by Crippen LogP contribution is 2.09. The standard InChI is InChI=1S/C23H33N3O3/c1-2-3-4-5-6-7-11-14-22(27)26-21(15-20-16-24-18-25-20)23(28)29-17-19-12-9-8-10-13-19/h8-10,12-13,16,18,21H,2-7,11,14-15,17H2,1H3,(H,24,25)(H,26,27)/t21-/m0/s1. The van der Waals surface area contributed by atoms with E-state index < -0.39 is 12.0 Å². The number of H-pyrrole nitrogens is 1. The first-order chi connectivity index (χ1) is 14.2. The molecule has 1 amide bonds. The Morgan fingerprint density at radius 2 is 1.79 bits per heavy atom. The zero-order valence-electron chi connectivity index (χ0n) is 17.4. The number of aromatic amines is 1. The molecule has 0 bridgehead atoms. The largest absolute Gasteiger partial charge is 0.459 e. The van der Waals surface area contributed by atoms with Crippen molar-refractivity contribution in [2.45, 2.75) is 77.4 Å². The van der Waals surface area contributed by atoms with Crippen molar-refractivity contribution in [3.05, 3.63) is 54.1 Å². The van der Waals surface area contributed by atoms with Crippen LogP contribution in [0.15, 0.2) is 42.9 Å². The fraction of sp³-hybridized carbons (Fsp3) is 0.522. The Kier molecular flexibility index (Phi) is 10.6. The number of hydrogen-bond acceptors (Lipinski definition) is 4. The van der Waals surface area contributed by atoms with Gasteiger partial charge in [-0.2, -0.15) is 0 Å². The summed E-state index contributed by atoms with van der Waals surface area (Å²) in [5, 5.41) is 2.84. The summed E-state index contributed by atoms with van der Waals surface area (Å²) in [7, 11) is 0. The van der Waals surface area contributed by atoms with Crippen molar-refractivity contribution in [1.82, 2.24) is 15.3 Å². The minimum atomic E-state index is -0.726. The van der Waals surface area contributed by atoms with Gasteiger partial charge in [0.15, 0.2) is 0 Å². The second-order valence-electron chi connectivity index (χ2n) is 7.37. The first-order valence-electron chi connectivity index (χ1n) is 10.7. The molecule has 0 aliphatic carbocycles. The minimum Gasteiger partial charge on any atom is -0.459 e. The van der Waals surface area contributed by atoms with Crippen molar-refractivity contribution in [1.29, 1.82) is 0 Å². The monoisotopic (exact) mass is 399 g/mol. The summed E-state index contributed by atoms with van der Waals surface area (Å²) in [4.78, 5) is 31.9. The zero-order chi connectivity index (χ0) is 20.7. The van der Waals surface area contributed by atoms with Crippen LogP contribution in [-0.4, -0.2) is 27.9 Å².